The Bertz CT molecular complexity index is 1170. The monoisotopic (exact) mass is 437 g/mol. The number of halogens is 3. The first-order valence-electron chi connectivity index (χ1n) is 8.08. The highest BCUT2D eigenvalue weighted by Gasteiger charge is 2.34. The molecule has 0 saturated heterocycles. The number of amides is 1. The van der Waals surface area contributed by atoms with E-state index in [2.05, 4.69) is 4.98 Å². The van der Waals surface area contributed by atoms with Gasteiger partial charge in [0.2, 0.25) is 0 Å². The van der Waals surface area contributed by atoms with E-state index >= 15 is 0 Å². The maximum atomic E-state index is 14.5. The molecule has 1 unspecified atom stereocenters. The van der Waals surface area contributed by atoms with Gasteiger partial charge in [-0.3, -0.25) is 0 Å². The summed E-state index contributed by atoms with van der Waals surface area (Å²) in [6.45, 7) is 0. The van der Waals surface area contributed by atoms with Gasteiger partial charge in [0.15, 0.2) is 9.84 Å². The van der Waals surface area contributed by atoms with E-state index in [-0.39, 0.29) is 21.4 Å². The number of hydrogen-bond donors (Lipinski definition) is 1. The first-order chi connectivity index (χ1) is 13.7. The van der Waals surface area contributed by atoms with Crippen LogP contribution in [0.2, 0.25) is 5.02 Å². The summed E-state index contributed by atoms with van der Waals surface area (Å²) in [7, 11) is -4.33. The molecule has 1 atom stereocenters. The lowest BCUT2D eigenvalue weighted by Crippen LogP contribution is -2.29. The molecule has 0 spiro atoms. The third kappa shape index (κ3) is 4.52. The molecule has 150 valence electrons. The highest BCUT2D eigenvalue weighted by atomic mass is 35.5. The van der Waals surface area contributed by atoms with Gasteiger partial charge in [0, 0.05) is 10.6 Å². The molecule has 29 heavy (non-hydrogen) atoms. The maximum absolute atomic E-state index is 14.5. The number of pyridine rings is 1. The Labute approximate surface area is 169 Å². The van der Waals surface area contributed by atoms with Crippen LogP contribution in [0.3, 0.4) is 0 Å². The standard InChI is InChI=1S/C19H13ClF2N2O4S/c20-11-4-7-13(8-5-11)29(27,28)18(14-10-12(21)6-9-15(14)22)16-2-1-3-17(23-16)24-19(25)26/h1-10,18H,(H,23,24)(H,25,26)/p-1. The first-order valence-corrected chi connectivity index (χ1v) is 10.0. The molecule has 3 rings (SSSR count). The molecule has 0 aliphatic rings. The van der Waals surface area contributed by atoms with E-state index in [4.69, 9.17) is 11.6 Å². The zero-order chi connectivity index (χ0) is 21.2. The number of anilines is 1. The molecule has 0 saturated carbocycles. The molecule has 6 nitrogen and oxygen atoms in total. The van der Waals surface area contributed by atoms with E-state index in [1.807, 2.05) is 5.32 Å². The van der Waals surface area contributed by atoms with E-state index in [9.17, 15) is 27.1 Å². The first kappa shape index (κ1) is 20.7. The second-order valence-electron chi connectivity index (χ2n) is 5.90. The van der Waals surface area contributed by atoms with Gasteiger partial charge in [-0.1, -0.05) is 17.7 Å². The van der Waals surface area contributed by atoms with E-state index in [0.29, 0.717) is 0 Å². The number of aromatic nitrogens is 1. The van der Waals surface area contributed by atoms with Crippen molar-refractivity contribution in [2.75, 3.05) is 5.32 Å². The summed E-state index contributed by atoms with van der Waals surface area (Å²) in [5.41, 5.74) is -0.686. The number of sulfone groups is 1. The molecular weight excluding hydrogens is 426 g/mol. The SMILES string of the molecule is O=C([O-])Nc1cccc(C(c2cc(F)ccc2F)S(=O)(=O)c2ccc(Cl)cc2)n1. The Morgan fingerprint density at radius 1 is 1.07 bits per heavy atom. The van der Waals surface area contributed by atoms with Crippen LogP contribution < -0.4 is 10.4 Å². The Morgan fingerprint density at radius 3 is 2.41 bits per heavy atom. The molecule has 0 aliphatic heterocycles. The van der Waals surface area contributed by atoms with Crippen molar-refractivity contribution in [3.05, 3.63) is 88.6 Å². The molecule has 0 bridgehead atoms. The molecule has 1 heterocycles. The van der Waals surface area contributed by atoms with Crippen LogP contribution in [0.1, 0.15) is 16.5 Å². The summed E-state index contributed by atoms with van der Waals surface area (Å²) >= 11 is 5.80. The number of hydrogen-bond acceptors (Lipinski definition) is 5. The van der Waals surface area contributed by atoms with Crippen molar-refractivity contribution in [3.8, 4) is 0 Å². The lowest BCUT2D eigenvalue weighted by atomic mass is 10.1. The van der Waals surface area contributed by atoms with Crippen molar-refractivity contribution in [3.63, 3.8) is 0 Å². The van der Waals surface area contributed by atoms with Gasteiger partial charge in [0.25, 0.3) is 0 Å². The average molecular weight is 438 g/mol. The van der Waals surface area contributed by atoms with Crippen molar-refractivity contribution in [2.45, 2.75) is 10.1 Å². The largest absolute Gasteiger partial charge is 0.530 e. The molecule has 10 heteroatoms. The van der Waals surface area contributed by atoms with Crippen molar-refractivity contribution in [1.82, 2.24) is 4.98 Å². The van der Waals surface area contributed by atoms with Crippen LogP contribution in [0, 0.1) is 11.6 Å². The van der Waals surface area contributed by atoms with Crippen molar-refractivity contribution >= 4 is 33.3 Å². The highest BCUT2D eigenvalue weighted by molar-refractivity contribution is 7.91. The van der Waals surface area contributed by atoms with Gasteiger partial charge >= 0.3 is 0 Å². The quantitative estimate of drug-likeness (QED) is 0.660. The van der Waals surface area contributed by atoms with Gasteiger partial charge in [-0.05, 0) is 54.6 Å². The zero-order valence-corrected chi connectivity index (χ0v) is 16.0. The Balaban J connectivity index is 2.24. The summed E-state index contributed by atoms with van der Waals surface area (Å²) in [5, 5.41) is 11.2. The van der Waals surface area contributed by atoms with Gasteiger partial charge < -0.3 is 15.2 Å². The summed E-state index contributed by atoms with van der Waals surface area (Å²) < 4.78 is 55.0. The van der Waals surface area contributed by atoms with E-state index in [1.54, 1.807) is 0 Å². The molecule has 0 fully saturated rings. The Kier molecular flexibility index (Phi) is 5.81. The van der Waals surface area contributed by atoms with Crippen LogP contribution >= 0.6 is 11.6 Å². The fourth-order valence-corrected chi connectivity index (χ4v) is 4.61. The van der Waals surface area contributed by atoms with Crippen molar-refractivity contribution in [1.29, 1.82) is 0 Å². The maximum Gasteiger partial charge on any atom is 0.191 e. The topological polar surface area (TPSA) is 99.2 Å². The summed E-state index contributed by atoms with van der Waals surface area (Å²) in [5.74, 6) is -2.04. The van der Waals surface area contributed by atoms with Gasteiger partial charge in [-0.25, -0.2) is 22.2 Å². The fourth-order valence-electron chi connectivity index (χ4n) is 2.73. The van der Waals surface area contributed by atoms with E-state index in [1.165, 1.54) is 42.5 Å². The van der Waals surface area contributed by atoms with Crippen LogP contribution in [-0.4, -0.2) is 19.5 Å². The molecular formula is C19H12ClF2N2O4S-. The van der Waals surface area contributed by atoms with Crippen LogP contribution in [0.4, 0.5) is 19.4 Å². The van der Waals surface area contributed by atoms with Crippen molar-refractivity contribution in [2.24, 2.45) is 0 Å². The van der Waals surface area contributed by atoms with Crippen LogP contribution in [-0.2, 0) is 9.84 Å². The Hall–Kier alpha value is -3.04. The number of nitrogens with one attached hydrogen (secondary N) is 1. The van der Waals surface area contributed by atoms with Gasteiger partial charge in [0.05, 0.1) is 10.6 Å². The predicted octanol–water partition coefficient (Wildman–Crippen LogP) is 3.33. The lowest BCUT2D eigenvalue weighted by Gasteiger charge is -2.20. The minimum Gasteiger partial charge on any atom is -0.530 e. The van der Waals surface area contributed by atoms with Crippen molar-refractivity contribution < 1.29 is 27.1 Å². The number of nitrogens with zero attached hydrogens (tertiary/aromatic N) is 1. The Morgan fingerprint density at radius 2 is 1.76 bits per heavy atom. The van der Waals surface area contributed by atoms with Gasteiger partial charge in [-0.15, -0.1) is 0 Å². The number of rotatable bonds is 5. The number of carbonyl (C=O) groups is 1. The lowest BCUT2D eigenvalue weighted by molar-refractivity contribution is -0.242. The minimum atomic E-state index is -4.33. The zero-order valence-electron chi connectivity index (χ0n) is 14.5. The third-order valence-electron chi connectivity index (χ3n) is 3.96. The third-order valence-corrected chi connectivity index (χ3v) is 6.26. The predicted molar refractivity (Wildman–Crippen MR) is 100 cm³/mol. The molecule has 3 aromatic rings. The smallest absolute Gasteiger partial charge is 0.191 e. The molecule has 0 radical (unpaired) electrons. The fraction of sp³-hybridized carbons (Fsp3) is 0.0526. The minimum absolute atomic E-state index is 0.198. The molecule has 1 amide bonds. The number of carboxylic acid groups (broad SMARTS) is 1. The summed E-state index contributed by atoms with van der Waals surface area (Å²) in [6, 6.07) is 11.4. The van der Waals surface area contributed by atoms with Gasteiger partial charge in [0.1, 0.15) is 28.8 Å². The van der Waals surface area contributed by atoms with E-state index < -0.39 is 38.4 Å². The number of benzene rings is 2. The van der Waals surface area contributed by atoms with Gasteiger partial charge in [-0.2, -0.15) is 0 Å². The second-order valence-corrected chi connectivity index (χ2v) is 8.37. The average Bonchev–Trinajstić information content (AvgIpc) is 2.65. The van der Waals surface area contributed by atoms with E-state index in [0.717, 1.165) is 18.2 Å². The van der Waals surface area contributed by atoms with Crippen LogP contribution in [0.25, 0.3) is 0 Å². The van der Waals surface area contributed by atoms with Crippen LogP contribution in [0.15, 0.2) is 65.6 Å². The molecule has 1 aromatic heterocycles. The number of carbonyl (C=O) groups excluding carboxylic acids is 1. The second kappa shape index (κ2) is 8.14. The summed E-state index contributed by atoms with van der Waals surface area (Å²) in [6.07, 6.45) is -1.66. The molecule has 0 aliphatic carbocycles. The normalized spacial score (nSPS) is 12.4. The highest BCUT2D eigenvalue weighted by Crippen LogP contribution is 2.36. The van der Waals surface area contributed by atoms with Crippen LogP contribution in [0.5, 0.6) is 0 Å². The summed E-state index contributed by atoms with van der Waals surface area (Å²) in [4.78, 5) is 14.5. The molecule has 1 N–H and O–H groups in total. The molecule has 2 aromatic carbocycles.